The van der Waals surface area contributed by atoms with Crippen molar-refractivity contribution in [3.63, 3.8) is 0 Å². The average molecular weight is 380 g/mol. The minimum absolute atomic E-state index is 0.256. The van der Waals surface area contributed by atoms with Gasteiger partial charge in [0, 0.05) is 43.5 Å². The van der Waals surface area contributed by atoms with Gasteiger partial charge in [-0.15, -0.1) is 0 Å². The van der Waals surface area contributed by atoms with Gasteiger partial charge in [-0.25, -0.2) is 0 Å². The highest BCUT2D eigenvalue weighted by Crippen LogP contribution is 2.23. The fourth-order valence-corrected chi connectivity index (χ4v) is 4.30. The summed E-state index contributed by atoms with van der Waals surface area (Å²) < 4.78 is 0. The van der Waals surface area contributed by atoms with Crippen molar-refractivity contribution in [2.75, 3.05) is 44.2 Å². The lowest BCUT2D eigenvalue weighted by molar-refractivity contribution is 0.0747. The number of piperidine rings is 1. The number of carbonyl (C=O) groups excluding carboxylic acids is 1. The Morgan fingerprint density at radius 1 is 0.929 bits per heavy atom. The van der Waals surface area contributed by atoms with Crippen molar-refractivity contribution < 1.29 is 9.90 Å². The number of ketones is 1. The maximum absolute atomic E-state index is 12.6. The number of nitrogens with zero attached hydrogens (tertiary/aromatic N) is 2. The van der Waals surface area contributed by atoms with Crippen molar-refractivity contribution in [2.45, 2.75) is 25.0 Å². The van der Waals surface area contributed by atoms with E-state index in [1.807, 2.05) is 42.5 Å². The zero-order valence-corrected chi connectivity index (χ0v) is 16.3. The highest BCUT2D eigenvalue weighted by molar-refractivity contribution is 6.00. The monoisotopic (exact) mass is 379 g/mol. The van der Waals surface area contributed by atoms with Crippen molar-refractivity contribution >= 4 is 11.5 Å². The molecule has 0 bridgehead atoms. The third-order valence-electron chi connectivity index (χ3n) is 6.02. The van der Waals surface area contributed by atoms with Gasteiger partial charge >= 0.3 is 0 Å². The normalized spacial score (nSPS) is 20.1. The second kappa shape index (κ2) is 8.86. The maximum Gasteiger partial charge on any atom is 0.195 e. The quantitative estimate of drug-likeness (QED) is 0.782. The van der Waals surface area contributed by atoms with Gasteiger partial charge in [0.1, 0.15) is 6.10 Å². The number of hydrogen-bond donors (Lipinski definition) is 2. The topological polar surface area (TPSA) is 55.8 Å². The third kappa shape index (κ3) is 4.27. The van der Waals surface area contributed by atoms with E-state index in [1.54, 1.807) is 12.1 Å². The number of piperazine rings is 1. The smallest absolute Gasteiger partial charge is 0.195 e. The van der Waals surface area contributed by atoms with Gasteiger partial charge in [-0.3, -0.25) is 9.69 Å². The van der Waals surface area contributed by atoms with Crippen LogP contribution in [0.4, 0.5) is 5.69 Å². The molecule has 0 aromatic heterocycles. The molecule has 5 nitrogen and oxygen atoms in total. The first-order valence-corrected chi connectivity index (χ1v) is 10.3. The van der Waals surface area contributed by atoms with Crippen molar-refractivity contribution in [2.24, 2.45) is 0 Å². The van der Waals surface area contributed by atoms with Gasteiger partial charge in [0.05, 0.1) is 0 Å². The Balaban J connectivity index is 1.35. The summed E-state index contributed by atoms with van der Waals surface area (Å²) in [6.45, 7) is 6.49. The summed E-state index contributed by atoms with van der Waals surface area (Å²) in [4.78, 5) is 17.6. The predicted octanol–water partition coefficient (Wildman–Crippen LogP) is 2.48. The van der Waals surface area contributed by atoms with E-state index in [-0.39, 0.29) is 5.78 Å². The van der Waals surface area contributed by atoms with Crippen LogP contribution in [-0.2, 0) is 0 Å². The van der Waals surface area contributed by atoms with Crippen LogP contribution in [0.15, 0.2) is 54.6 Å². The molecule has 2 aromatic carbocycles. The van der Waals surface area contributed by atoms with Gasteiger partial charge in [-0.2, -0.15) is 0 Å². The molecule has 2 heterocycles. The molecule has 4 rings (SSSR count). The van der Waals surface area contributed by atoms with Crippen LogP contribution in [0, 0.1) is 0 Å². The molecule has 1 unspecified atom stereocenters. The second-order valence-corrected chi connectivity index (χ2v) is 7.73. The first-order valence-electron chi connectivity index (χ1n) is 10.3. The summed E-state index contributed by atoms with van der Waals surface area (Å²) in [6.07, 6.45) is 1.39. The molecule has 5 heteroatoms. The summed E-state index contributed by atoms with van der Waals surface area (Å²) in [5.74, 6) is -0.256. The van der Waals surface area contributed by atoms with Gasteiger partial charge in [0.15, 0.2) is 5.78 Å². The minimum atomic E-state index is -1.11. The number of aliphatic hydroxyl groups excluding tert-OH is 1. The van der Waals surface area contributed by atoms with Gasteiger partial charge in [-0.05, 0) is 55.8 Å². The number of rotatable bonds is 5. The molecule has 148 valence electrons. The Kier molecular flexibility index (Phi) is 6.05. The molecular weight excluding hydrogens is 350 g/mol. The van der Waals surface area contributed by atoms with Crippen LogP contribution in [0.3, 0.4) is 0 Å². The number of anilines is 1. The molecule has 2 aliphatic heterocycles. The first-order chi connectivity index (χ1) is 13.7. The predicted molar refractivity (Wildman–Crippen MR) is 112 cm³/mol. The van der Waals surface area contributed by atoms with Crippen LogP contribution >= 0.6 is 0 Å². The van der Waals surface area contributed by atoms with E-state index in [2.05, 4.69) is 15.1 Å². The van der Waals surface area contributed by atoms with Gasteiger partial charge in [0.25, 0.3) is 0 Å². The summed E-state index contributed by atoms with van der Waals surface area (Å²) in [5.41, 5.74) is 2.33. The maximum atomic E-state index is 12.6. The van der Waals surface area contributed by atoms with Crippen molar-refractivity contribution in [3.05, 3.63) is 65.7 Å². The second-order valence-electron chi connectivity index (χ2n) is 7.73. The van der Waals surface area contributed by atoms with Crippen LogP contribution in [0.2, 0.25) is 0 Å². The largest absolute Gasteiger partial charge is 0.380 e. The molecule has 28 heavy (non-hydrogen) atoms. The van der Waals surface area contributed by atoms with Crippen LogP contribution in [0.5, 0.6) is 0 Å². The lowest BCUT2D eigenvalue weighted by Crippen LogP contribution is -2.52. The molecule has 0 saturated carbocycles. The standard InChI is InChI=1S/C23H29N3O2/c27-22(18-4-2-1-3-5-18)23(28)19-6-8-20(9-7-19)25-14-16-26(17-15-25)21-10-12-24-13-11-21/h1-9,21-22,24,27H,10-17H2. The van der Waals surface area contributed by atoms with E-state index in [0.717, 1.165) is 51.0 Å². The van der Waals surface area contributed by atoms with Crippen molar-refractivity contribution in [1.82, 2.24) is 10.2 Å². The number of nitrogens with one attached hydrogen (secondary N) is 1. The Labute approximate surface area is 167 Å². The molecule has 2 aliphatic rings. The van der Waals surface area contributed by atoms with E-state index in [1.165, 1.54) is 12.8 Å². The fraction of sp³-hybridized carbons (Fsp3) is 0.435. The Morgan fingerprint density at radius 2 is 1.57 bits per heavy atom. The molecule has 2 aromatic rings. The fourth-order valence-electron chi connectivity index (χ4n) is 4.30. The molecule has 2 saturated heterocycles. The van der Waals surface area contributed by atoms with E-state index < -0.39 is 6.10 Å². The van der Waals surface area contributed by atoms with E-state index in [0.29, 0.717) is 11.1 Å². The van der Waals surface area contributed by atoms with E-state index >= 15 is 0 Å². The third-order valence-corrected chi connectivity index (χ3v) is 6.02. The molecule has 2 N–H and O–H groups in total. The zero-order chi connectivity index (χ0) is 19.3. The van der Waals surface area contributed by atoms with Crippen LogP contribution in [0.1, 0.15) is 34.9 Å². The zero-order valence-electron chi connectivity index (χ0n) is 16.3. The molecule has 0 spiro atoms. The Bertz CT molecular complexity index is 764. The van der Waals surface area contributed by atoms with E-state index in [4.69, 9.17) is 0 Å². The number of Topliss-reactive ketones (excluding diaryl/α,β-unsaturated/α-hetero) is 1. The lowest BCUT2D eigenvalue weighted by Gasteiger charge is -2.41. The molecule has 1 atom stereocenters. The average Bonchev–Trinajstić information content (AvgIpc) is 2.79. The Morgan fingerprint density at radius 3 is 2.21 bits per heavy atom. The molecule has 2 fully saturated rings. The lowest BCUT2D eigenvalue weighted by atomic mass is 9.99. The summed E-state index contributed by atoms with van der Waals surface area (Å²) in [5, 5.41) is 13.8. The number of aliphatic hydroxyl groups is 1. The highest BCUT2D eigenvalue weighted by atomic mass is 16.3. The van der Waals surface area contributed by atoms with Crippen LogP contribution in [0.25, 0.3) is 0 Å². The van der Waals surface area contributed by atoms with Crippen LogP contribution < -0.4 is 10.2 Å². The summed E-state index contributed by atoms with van der Waals surface area (Å²) in [6, 6.07) is 17.5. The summed E-state index contributed by atoms with van der Waals surface area (Å²) >= 11 is 0. The minimum Gasteiger partial charge on any atom is -0.380 e. The van der Waals surface area contributed by atoms with Gasteiger partial charge < -0.3 is 15.3 Å². The molecule has 0 amide bonds. The number of benzene rings is 2. The SMILES string of the molecule is O=C(c1ccc(N2CCN(C3CCNCC3)CC2)cc1)C(O)c1ccccc1. The van der Waals surface area contributed by atoms with Crippen molar-refractivity contribution in [3.8, 4) is 0 Å². The van der Waals surface area contributed by atoms with Gasteiger partial charge in [-0.1, -0.05) is 30.3 Å². The highest BCUT2D eigenvalue weighted by Gasteiger charge is 2.25. The number of hydrogen-bond acceptors (Lipinski definition) is 5. The van der Waals surface area contributed by atoms with Gasteiger partial charge in [0.2, 0.25) is 0 Å². The molecule has 0 aliphatic carbocycles. The van der Waals surface area contributed by atoms with Crippen molar-refractivity contribution in [1.29, 1.82) is 0 Å². The molecular formula is C23H29N3O2. The summed E-state index contributed by atoms with van der Waals surface area (Å²) in [7, 11) is 0. The molecule has 0 radical (unpaired) electrons. The van der Waals surface area contributed by atoms with E-state index in [9.17, 15) is 9.90 Å². The Hall–Kier alpha value is -2.21. The number of carbonyl (C=O) groups is 1. The first kappa shape index (κ1) is 19.1. The van der Waals surface area contributed by atoms with Crippen LogP contribution in [-0.4, -0.2) is 61.1 Å².